The summed E-state index contributed by atoms with van der Waals surface area (Å²) >= 11 is 0. The number of carboxylic acid groups (broad SMARTS) is 1. The molecule has 116 valence electrons. The van der Waals surface area contributed by atoms with Gasteiger partial charge in [-0.1, -0.05) is 13.3 Å². The Labute approximate surface area is 120 Å². The Morgan fingerprint density at radius 2 is 2.20 bits per heavy atom. The van der Waals surface area contributed by atoms with Crippen LogP contribution in [0.4, 0.5) is 0 Å². The summed E-state index contributed by atoms with van der Waals surface area (Å²) in [6.45, 7) is 4.50. The number of hydrogen-bond donors (Lipinski definition) is 2. The molecule has 6 heteroatoms. The molecule has 1 aliphatic heterocycles. The van der Waals surface area contributed by atoms with E-state index in [1.54, 1.807) is 7.11 Å². The van der Waals surface area contributed by atoms with Crippen LogP contribution in [0.3, 0.4) is 0 Å². The van der Waals surface area contributed by atoms with Crippen molar-refractivity contribution in [1.82, 2.24) is 10.2 Å². The number of likely N-dealkylation sites (tertiary alicyclic amines) is 1. The fourth-order valence-corrected chi connectivity index (χ4v) is 2.88. The van der Waals surface area contributed by atoms with Crippen LogP contribution in [0.5, 0.6) is 0 Å². The molecule has 1 saturated heterocycles. The third-order valence-electron chi connectivity index (χ3n) is 3.83. The highest BCUT2D eigenvalue weighted by molar-refractivity contribution is 5.78. The van der Waals surface area contributed by atoms with Gasteiger partial charge in [0.15, 0.2) is 0 Å². The fourth-order valence-electron chi connectivity index (χ4n) is 2.88. The second-order valence-electron chi connectivity index (χ2n) is 5.49. The summed E-state index contributed by atoms with van der Waals surface area (Å²) in [4.78, 5) is 25.3. The third kappa shape index (κ3) is 4.76. The molecule has 1 unspecified atom stereocenters. The number of nitrogens with one attached hydrogen (secondary N) is 1. The second kappa shape index (κ2) is 8.21. The first-order chi connectivity index (χ1) is 9.54. The van der Waals surface area contributed by atoms with Gasteiger partial charge in [0, 0.05) is 20.2 Å². The standard InChI is InChI=1S/C14H26N2O4/c1-3-5-14(13(18)19)6-4-8-16(11-14)10-12(17)15-7-9-20-2/h3-11H2,1-2H3,(H,15,17)(H,18,19). The number of aliphatic carboxylic acids is 1. The molecule has 1 aliphatic rings. The number of amides is 1. The van der Waals surface area contributed by atoms with E-state index in [2.05, 4.69) is 5.32 Å². The summed E-state index contributed by atoms with van der Waals surface area (Å²) in [6.07, 6.45) is 3.06. The van der Waals surface area contributed by atoms with Crippen molar-refractivity contribution < 1.29 is 19.4 Å². The van der Waals surface area contributed by atoms with Crippen molar-refractivity contribution in [1.29, 1.82) is 0 Å². The van der Waals surface area contributed by atoms with E-state index < -0.39 is 11.4 Å². The van der Waals surface area contributed by atoms with E-state index in [0.717, 1.165) is 19.4 Å². The van der Waals surface area contributed by atoms with E-state index in [-0.39, 0.29) is 12.5 Å². The number of methoxy groups -OCH3 is 1. The molecule has 0 aromatic heterocycles. The van der Waals surface area contributed by atoms with E-state index in [4.69, 9.17) is 4.74 Å². The monoisotopic (exact) mass is 286 g/mol. The van der Waals surface area contributed by atoms with E-state index in [9.17, 15) is 14.7 Å². The maximum atomic E-state index is 11.8. The van der Waals surface area contributed by atoms with Crippen molar-refractivity contribution in [2.75, 3.05) is 39.9 Å². The summed E-state index contributed by atoms with van der Waals surface area (Å²) in [5.41, 5.74) is -0.681. The van der Waals surface area contributed by atoms with Crippen LogP contribution in [0.25, 0.3) is 0 Å². The maximum Gasteiger partial charge on any atom is 0.310 e. The zero-order valence-electron chi connectivity index (χ0n) is 12.5. The summed E-state index contributed by atoms with van der Waals surface area (Å²) in [6, 6.07) is 0. The molecule has 1 atom stereocenters. The quantitative estimate of drug-likeness (QED) is 0.643. The number of ether oxygens (including phenoxy) is 1. The Bertz CT molecular complexity index is 331. The lowest BCUT2D eigenvalue weighted by atomic mass is 9.76. The number of carboxylic acids is 1. The lowest BCUT2D eigenvalue weighted by Crippen LogP contribution is -2.50. The molecule has 1 fully saturated rings. The van der Waals surface area contributed by atoms with Crippen LogP contribution in [0.15, 0.2) is 0 Å². The highest BCUT2D eigenvalue weighted by Crippen LogP contribution is 2.34. The summed E-state index contributed by atoms with van der Waals surface area (Å²) in [7, 11) is 1.59. The number of piperidine rings is 1. The Balaban J connectivity index is 2.51. The summed E-state index contributed by atoms with van der Waals surface area (Å²) in [5.74, 6) is -0.802. The van der Waals surface area contributed by atoms with E-state index in [0.29, 0.717) is 32.5 Å². The average molecular weight is 286 g/mol. The average Bonchev–Trinajstić information content (AvgIpc) is 2.39. The van der Waals surface area contributed by atoms with Crippen molar-refractivity contribution in [3.8, 4) is 0 Å². The van der Waals surface area contributed by atoms with Crippen LogP contribution >= 0.6 is 0 Å². The highest BCUT2D eigenvalue weighted by atomic mass is 16.5. The van der Waals surface area contributed by atoms with Gasteiger partial charge in [-0.2, -0.15) is 0 Å². The van der Waals surface area contributed by atoms with Gasteiger partial charge < -0.3 is 15.2 Å². The molecule has 1 amide bonds. The minimum Gasteiger partial charge on any atom is -0.481 e. The second-order valence-corrected chi connectivity index (χ2v) is 5.49. The molecule has 1 heterocycles. The van der Waals surface area contributed by atoms with E-state index >= 15 is 0 Å². The van der Waals surface area contributed by atoms with Crippen molar-refractivity contribution in [3.63, 3.8) is 0 Å². The predicted octanol–water partition coefficient (Wildman–Crippen LogP) is 0.716. The Hall–Kier alpha value is -1.14. The molecule has 6 nitrogen and oxygen atoms in total. The van der Waals surface area contributed by atoms with Gasteiger partial charge in [0.1, 0.15) is 0 Å². The van der Waals surface area contributed by atoms with Crippen LogP contribution < -0.4 is 5.32 Å². The molecule has 0 bridgehead atoms. The lowest BCUT2D eigenvalue weighted by molar-refractivity contribution is -0.154. The first-order valence-electron chi connectivity index (χ1n) is 7.25. The Kier molecular flexibility index (Phi) is 6.95. The number of hydrogen-bond acceptors (Lipinski definition) is 4. The van der Waals surface area contributed by atoms with Gasteiger partial charge in [-0.05, 0) is 25.8 Å². The first-order valence-corrected chi connectivity index (χ1v) is 7.25. The molecule has 0 saturated carbocycles. The minimum atomic E-state index is -0.733. The highest BCUT2D eigenvalue weighted by Gasteiger charge is 2.41. The molecule has 1 rings (SSSR count). The minimum absolute atomic E-state index is 0.0697. The topological polar surface area (TPSA) is 78.9 Å². The first kappa shape index (κ1) is 16.9. The van der Waals surface area contributed by atoms with Crippen molar-refractivity contribution in [3.05, 3.63) is 0 Å². The van der Waals surface area contributed by atoms with Gasteiger partial charge in [-0.25, -0.2) is 0 Å². The fraction of sp³-hybridized carbons (Fsp3) is 0.857. The SMILES string of the molecule is CCCC1(C(=O)O)CCCN(CC(=O)NCCOC)C1. The smallest absolute Gasteiger partial charge is 0.310 e. The number of nitrogens with zero attached hydrogens (tertiary/aromatic N) is 1. The lowest BCUT2D eigenvalue weighted by Gasteiger charge is -2.39. The predicted molar refractivity (Wildman–Crippen MR) is 75.5 cm³/mol. The molecule has 0 radical (unpaired) electrons. The van der Waals surface area contributed by atoms with E-state index in [1.165, 1.54) is 0 Å². The number of carbonyl (C=O) groups excluding carboxylic acids is 1. The molecule has 0 spiro atoms. The summed E-state index contributed by atoms with van der Waals surface area (Å²) < 4.78 is 4.87. The Morgan fingerprint density at radius 1 is 1.45 bits per heavy atom. The summed E-state index contributed by atoms with van der Waals surface area (Å²) in [5, 5.41) is 12.3. The van der Waals surface area contributed by atoms with Crippen molar-refractivity contribution in [2.24, 2.45) is 5.41 Å². The van der Waals surface area contributed by atoms with Crippen molar-refractivity contribution in [2.45, 2.75) is 32.6 Å². The largest absolute Gasteiger partial charge is 0.481 e. The van der Waals surface area contributed by atoms with Crippen LogP contribution in [0.2, 0.25) is 0 Å². The van der Waals surface area contributed by atoms with Crippen LogP contribution in [-0.4, -0.2) is 61.8 Å². The Morgan fingerprint density at radius 3 is 2.80 bits per heavy atom. The molecule has 0 aliphatic carbocycles. The number of carbonyl (C=O) groups is 2. The van der Waals surface area contributed by atoms with Gasteiger partial charge in [0.25, 0.3) is 0 Å². The zero-order valence-corrected chi connectivity index (χ0v) is 12.5. The van der Waals surface area contributed by atoms with Gasteiger partial charge in [0.05, 0.1) is 18.6 Å². The van der Waals surface area contributed by atoms with Gasteiger partial charge >= 0.3 is 5.97 Å². The number of rotatable bonds is 8. The van der Waals surface area contributed by atoms with E-state index in [1.807, 2.05) is 11.8 Å². The molecular formula is C14H26N2O4. The van der Waals surface area contributed by atoms with Gasteiger partial charge in [0.2, 0.25) is 5.91 Å². The normalized spacial score (nSPS) is 23.5. The molecule has 0 aromatic rings. The van der Waals surface area contributed by atoms with Gasteiger partial charge in [-0.3, -0.25) is 14.5 Å². The van der Waals surface area contributed by atoms with Crippen LogP contribution in [-0.2, 0) is 14.3 Å². The zero-order chi connectivity index (χ0) is 15.0. The molecule has 20 heavy (non-hydrogen) atoms. The van der Waals surface area contributed by atoms with Crippen molar-refractivity contribution >= 4 is 11.9 Å². The molecule has 0 aromatic carbocycles. The molecular weight excluding hydrogens is 260 g/mol. The van der Waals surface area contributed by atoms with Crippen LogP contribution in [0, 0.1) is 5.41 Å². The molecule has 2 N–H and O–H groups in total. The maximum absolute atomic E-state index is 11.8. The van der Waals surface area contributed by atoms with Crippen LogP contribution in [0.1, 0.15) is 32.6 Å². The van der Waals surface area contributed by atoms with Gasteiger partial charge in [-0.15, -0.1) is 0 Å². The third-order valence-corrected chi connectivity index (χ3v) is 3.83.